The van der Waals surface area contributed by atoms with Crippen LogP contribution in [0.25, 0.3) is 11.3 Å². The first kappa shape index (κ1) is 15.9. The molecule has 1 aliphatic rings. The minimum atomic E-state index is -0.323. The Morgan fingerprint density at radius 3 is 2.92 bits per heavy atom. The highest BCUT2D eigenvalue weighted by Crippen LogP contribution is 2.47. The Bertz CT molecular complexity index is 884. The van der Waals surface area contributed by atoms with Crippen LogP contribution in [0.15, 0.2) is 53.6 Å². The Labute approximate surface area is 149 Å². The molecule has 1 N–H and O–H groups in total. The van der Waals surface area contributed by atoms with Crippen LogP contribution in [0.1, 0.15) is 18.5 Å². The third-order valence-corrected chi connectivity index (χ3v) is 4.84. The van der Waals surface area contributed by atoms with E-state index in [1.807, 2.05) is 29.0 Å². The maximum absolute atomic E-state index is 12.5. The van der Waals surface area contributed by atoms with E-state index in [4.69, 9.17) is 16.1 Å². The number of nitrogens with zero attached hydrogens (tertiary/aromatic N) is 3. The number of halogens is 1. The average Bonchev–Trinajstić information content (AvgIpc) is 3.01. The molecule has 7 heteroatoms. The number of hydrogen-bond acceptors (Lipinski definition) is 4. The summed E-state index contributed by atoms with van der Waals surface area (Å²) in [6.45, 7) is 0.987. The van der Waals surface area contributed by atoms with Crippen LogP contribution in [0.3, 0.4) is 0 Å². The Morgan fingerprint density at radius 2 is 2.20 bits per heavy atom. The molecule has 0 bridgehead atoms. The molecular formula is C18H17ClN4O2. The monoisotopic (exact) mass is 356 g/mol. The topological polar surface area (TPSA) is 73.0 Å². The molecule has 0 spiro atoms. The van der Waals surface area contributed by atoms with Crippen molar-refractivity contribution >= 4 is 17.5 Å². The minimum Gasteiger partial charge on any atom is -0.356 e. The molecule has 1 aromatic carbocycles. The summed E-state index contributed by atoms with van der Waals surface area (Å²) in [6, 6.07) is 9.22. The van der Waals surface area contributed by atoms with Crippen LogP contribution in [0.5, 0.6) is 0 Å². The van der Waals surface area contributed by atoms with Gasteiger partial charge in [0.15, 0.2) is 5.76 Å². The Kier molecular flexibility index (Phi) is 4.05. The first-order chi connectivity index (χ1) is 12.2. The van der Waals surface area contributed by atoms with E-state index < -0.39 is 0 Å². The summed E-state index contributed by atoms with van der Waals surface area (Å²) < 4.78 is 7.29. The molecule has 4 rings (SSSR count). The van der Waals surface area contributed by atoms with Crippen molar-refractivity contribution < 1.29 is 9.32 Å². The van der Waals surface area contributed by atoms with Crippen molar-refractivity contribution in [1.82, 2.24) is 20.0 Å². The van der Waals surface area contributed by atoms with E-state index in [0.717, 1.165) is 18.4 Å². The summed E-state index contributed by atoms with van der Waals surface area (Å²) in [5.41, 5.74) is 1.13. The van der Waals surface area contributed by atoms with Crippen molar-refractivity contribution in [3.05, 3.63) is 59.8 Å². The van der Waals surface area contributed by atoms with Gasteiger partial charge in [-0.15, -0.1) is 0 Å². The summed E-state index contributed by atoms with van der Waals surface area (Å²) >= 11 is 6.17. The van der Waals surface area contributed by atoms with Crippen LogP contribution in [-0.4, -0.2) is 20.6 Å². The molecule has 0 unspecified atom stereocenters. The normalized spacial score (nSPS) is 15.1. The second-order valence-electron chi connectivity index (χ2n) is 6.36. The van der Waals surface area contributed by atoms with Crippen LogP contribution in [-0.2, 0) is 17.9 Å². The van der Waals surface area contributed by atoms with E-state index in [9.17, 15) is 4.79 Å². The van der Waals surface area contributed by atoms with Gasteiger partial charge in [0.25, 0.3) is 0 Å². The number of hydrogen-bond donors (Lipinski definition) is 1. The predicted octanol–water partition coefficient (Wildman–Crippen LogP) is 3.29. The fraction of sp³-hybridized carbons (Fsp3) is 0.278. The van der Waals surface area contributed by atoms with E-state index in [1.54, 1.807) is 24.7 Å². The Hall–Kier alpha value is -2.60. The number of rotatable bonds is 6. The van der Waals surface area contributed by atoms with Gasteiger partial charge in [-0.05, 0) is 25.0 Å². The summed E-state index contributed by atoms with van der Waals surface area (Å²) in [7, 11) is 0. The van der Waals surface area contributed by atoms with E-state index in [-0.39, 0.29) is 11.3 Å². The second kappa shape index (κ2) is 6.37. The van der Waals surface area contributed by atoms with Gasteiger partial charge in [0, 0.05) is 30.6 Å². The average molecular weight is 357 g/mol. The smallest absolute Gasteiger partial charge is 0.228 e. The fourth-order valence-corrected chi connectivity index (χ4v) is 3.11. The predicted molar refractivity (Wildman–Crippen MR) is 92.7 cm³/mol. The number of carbonyl (C=O) groups is 1. The molecule has 0 aliphatic heterocycles. The first-order valence-electron chi connectivity index (χ1n) is 8.11. The molecule has 1 aliphatic carbocycles. The number of amides is 1. The van der Waals surface area contributed by atoms with Crippen LogP contribution < -0.4 is 5.32 Å². The lowest BCUT2D eigenvalue weighted by Crippen LogP contribution is -2.34. The van der Waals surface area contributed by atoms with Gasteiger partial charge >= 0.3 is 0 Å². The molecule has 6 nitrogen and oxygen atoms in total. The third-order valence-electron chi connectivity index (χ3n) is 4.51. The second-order valence-corrected chi connectivity index (χ2v) is 6.77. The van der Waals surface area contributed by atoms with Crippen LogP contribution in [0.2, 0.25) is 5.02 Å². The zero-order valence-corrected chi connectivity index (χ0v) is 14.2. The largest absolute Gasteiger partial charge is 0.356 e. The SMILES string of the molecule is O=C(NCc1cc(-c2ccccc2Cl)on1)C1(Cn2ccnc2)CC1. The number of imidazole rings is 1. The van der Waals surface area contributed by atoms with Crippen molar-refractivity contribution in [2.45, 2.75) is 25.9 Å². The summed E-state index contributed by atoms with van der Waals surface area (Å²) in [5.74, 6) is 0.637. The van der Waals surface area contributed by atoms with Crippen molar-refractivity contribution in [3.8, 4) is 11.3 Å². The van der Waals surface area contributed by atoms with Gasteiger partial charge in [-0.3, -0.25) is 4.79 Å². The third kappa shape index (κ3) is 3.30. The number of benzene rings is 1. The molecule has 0 radical (unpaired) electrons. The van der Waals surface area contributed by atoms with Gasteiger partial charge in [0.2, 0.25) is 5.91 Å². The molecular weight excluding hydrogens is 340 g/mol. The zero-order valence-electron chi connectivity index (χ0n) is 13.5. The van der Waals surface area contributed by atoms with E-state index in [2.05, 4.69) is 15.5 Å². The van der Waals surface area contributed by atoms with Gasteiger partial charge < -0.3 is 14.4 Å². The summed E-state index contributed by atoms with van der Waals surface area (Å²) in [5, 5.41) is 7.59. The molecule has 1 saturated carbocycles. The van der Waals surface area contributed by atoms with Gasteiger partial charge in [-0.2, -0.15) is 0 Å². The maximum Gasteiger partial charge on any atom is 0.228 e. The van der Waals surface area contributed by atoms with Crippen molar-refractivity contribution in [3.63, 3.8) is 0 Å². The maximum atomic E-state index is 12.5. The van der Waals surface area contributed by atoms with E-state index in [1.165, 1.54) is 0 Å². The molecule has 25 heavy (non-hydrogen) atoms. The Morgan fingerprint density at radius 1 is 1.36 bits per heavy atom. The first-order valence-corrected chi connectivity index (χ1v) is 8.49. The molecule has 0 saturated heterocycles. The van der Waals surface area contributed by atoms with Gasteiger partial charge in [0.05, 0.1) is 23.3 Å². The lowest BCUT2D eigenvalue weighted by Gasteiger charge is -2.15. The zero-order chi connectivity index (χ0) is 17.3. The van der Waals surface area contributed by atoms with Gasteiger partial charge in [-0.1, -0.05) is 28.9 Å². The molecule has 2 aromatic heterocycles. The standard InChI is InChI=1S/C18H17ClN4O2/c19-15-4-2-1-3-14(15)16-9-13(22-25-16)10-21-17(24)18(5-6-18)11-23-8-7-20-12-23/h1-4,7-9,12H,5-6,10-11H2,(H,21,24). The number of aromatic nitrogens is 3. The fourth-order valence-electron chi connectivity index (χ4n) is 2.88. The molecule has 0 atom stereocenters. The minimum absolute atomic E-state index is 0.0449. The van der Waals surface area contributed by atoms with Crippen LogP contribution in [0.4, 0.5) is 0 Å². The molecule has 1 amide bonds. The van der Waals surface area contributed by atoms with Crippen molar-refractivity contribution in [1.29, 1.82) is 0 Å². The van der Waals surface area contributed by atoms with E-state index >= 15 is 0 Å². The highest BCUT2D eigenvalue weighted by atomic mass is 35.5. The molecule has 128 valence electrons. The number of carbonyl (C=O) groups excluding carboxylic acids is 1. The highest BCUT2D eigenvalue weighted by molar-refractivity contribution is 6.33. The van der Waals surface area contributed by atoms with E-state index in [0.29, 0.717) is 29.6 Å². The van der Waals surface area contributed by atoms with Crippen molar-refractivity contribution in [2.75, 3.05) is 0 Å². The quantitative estimate of drug-likeness (QED) is 0.735. The summed E-state index contributed by atoms with van der Waals surface area (Å²) in [4.78, 5) is 16.6. The molecule has 2 heterocycles. The number of nitrogens with one attached hydrogen (secondary N) is 1. The lowest BCUT2D eigenvalue weighted by atomic mass is 10.1. The molecule has 1 fully saturated rings. The van der Waals surface area contributed by atoms with Crippen LogP contribution >= 0.6 is 11.6 Å². The van der Waals surface area contributed by atoms with Crippen LogP contribution in [0, 0.1) is 5.41 Å². The lowest BCUT2D eigenvalue weighted by molar-refractivity contribution is -0.127. The summed E-state index contributed by atoms with van der Waals surface area (Å²) in [6.07, 6.45) is 7.11. The highest BCUT2D eigenvalue weighted by Gasteiger charge is 2.49. The molecule has 3 aromatic rings. The van der Waals surface area contributed by atoms with Crippen molar-refractivity contribution in [2.24, 2.45) is 5.41 Å². The van der Waals surface area contributed by atoms with Gasteiger partial charge in [0.1, 0.15) is 5.69 Å². The van der Waals surface area contributed by atoms with Gasteiger partial charge in [-0.25, -0.2) is 4.98 Å². The Balaban J connectivity index is 1.39.